The Hall–Kier alpha value is -2.28. The number of esters is 2. The third kappa shape index (κ3) is 7.43. The van der Waals surface area contributed by atoms with E-state index in [4.69, 9.17) is 25.2 Å². The monoisotopic (exact) mass is 368 g/mol. The molecule has 0 aliphatic rings. The van der Waals surface area contributed by atoms with Crippen molar-refractivity contribution < 1.29 is 59.3 Å². The van der Waals surface area contributed by atoms with Gasteiger partial charge in [-0.15, -0.1) is 0 Å². The minimum atomic E-state index is -2.41. The number of carbonyl (C=O) groups excluding carboxylic acids is 2. The molecule has 5 unspecified atom stereocenters. The highest BCUT2D eigenvalue weighted by atomic mass is 16.6. The van der Waals surface area contributed by atoms with Gasteiger partial charge in [0.2, 0.25) is 0 Å². The Morgan fingerprint density at radius 1 is 0.800 bits per heavy atom. The molecule has 0 bridgehead atoms. The zero-order valence-electron chi connectivity index (χ0n) is 13.1. The number of aliphatic carboxylic acids is 2. The highest BCUT2D eigenvalue weighted by Gasteiger charge is 2.34. The molecule has 25 heavy (non-hydrogen) atoms. The van der Waals surface area contributed by atoms with Crippen molar-refractivity contribution in [2.45, 2.75) is 50.3 Å². The lowest BCUT2D eigenvalue weighted by Crippen LogP contribution is -2.43. The van der Waals surface area contributed by atoms with E-state index in [0.29, 0.717) is 6.42 Å². The molecule has 0 aromatic carbocycles. The fourth-order valence-corrected chi connectivity index (χ4v) is 1.52. The summed E-state index contributed by atoms with van der Waals surface area (Å²) < 4.78 is 9.24. The molecule has 0 saturated carbocycles. The van der Waals surface area contributed by atoms with Crippen LogP contribution in [0.25, 0.3) is 0 Å². The zero-order valence-corrected chi connectivity index (χ0v) is 13.1. The van der Waals surface area contributed by atoms with Gasteiger partial charge in [-0.3, -0.25) is 0 Å². The normalized spacial score (nSPS) is 16.8. The van der Waals surface area contributed by atoms with Gasteiger partial charge in [-0.1, -0.05) is 13.3 Å². The molecule has 0 aromatic rings. The molecule has 0 aromatic heterocycles. The number of hydrogen-bond acceptors (Lipinski definition) is 10. The first-order valence-electron chi connectivity index (χ1n) is 7.07. The van der Waals surface area contributed by atoms with E-state index in [-0.39, 0.29) is 6.42 Å². The summed E-state index contributed by atoms with van der Waals surface area (Å²) in [6, 6.07) is 0. The summed E-state index contributed by atoms with van der Waals surface area (Å²) in [7, 11) is 0. The average Bonchev–Trinajstić information content (AvgIpc) is 2.56. The van der Waals surface area contributed by atoms with Crippen molar-refractivity contribution in [3.8, 4) is 0 Å². The standard InChI is InChI=1S/C13H20O12/c1-2-3-5(25-13(23)9(17)7(15)11(20)21)4-24-12(22)8(16)6(14)10(18)19/h5-9,14-17H,2-4H2,1H3,(H,18,19)(H,20,21). The first-order chi connectivity index (χ1) is 11.5. The maximum Gasteiger partial charge on any atom is 0.338 e. The molecule has 12 heteroatoms. The molecule has 0 aliphatic heterocycles. The van der Waals surface area contributed by atoms with Crippen LogP contribution in [-0.2, 0) is 28.7 Å². The van der Waals surface area contributed by atoms with E-state index in [9.17, 15) is 29.4 Å². The molecule has 12 nitrogen and oxygen atoms in total. The fraction of sp³-hybridized carbons (Fsp3) is 0.692. The lowest BCUT2D eigenvalue weighted by molar-refractivity contribution is -0.180. The molecule has 0 saturated heterocycles. The van der Waals surface area contributed by atoms with E-state index in [0.717, 1.165) is 0 Å². The summed E-state index contributed by atoms with van der Waals surface area (Å²) in [6.45, 7) is 1.01. The van der Waals surface area contributed by atoms with Crippen LogP contribution in [0.3, 0.4) is 0 Å². The molecule has 0 aliphatic carbocycles. The second kappa shape index (κ2) is 10.6. The lowest BCUT2D eigenvalue weighted by Gasteiger charge is -2.21. The Bertz CT molecular complexity index is 489. The van der Waals surface area contributed by atoms with E-state index in [1.54, 1.807) is 6.92 Å². The van der Waals surface area contributed by atoms with Crippen LogP contribution in [0.2, 0.25) is 0 Å². The van der Waals surface area contributed by atoms with Gasteiger partial charge in [0.05, 0.1) is 0 Å². The van der Waals surface area contributed by atoms with Crippen molar-refractivity contribution in [1.82, 2.24) is 0 Å². The second-order valence-electron chi connectivity index (χ2n) is 4.93. The quantitative estimate of drug-likeness (QED) is 0.200. The molecule has 0 fully saturated rings. The molecule has 0 rings (SSSR count). The molecule has 144 valence electrons. The number of aliphatic hydroxyl groups excluding tert-OH is 4. The fourth-order valence-electron chi connectivity index (χ4n) is 1.52. The summed E-state index contributed by atoms with van der Waals surface area (Å²) in [5.74, 6) is -6.67. The number of carboxylic acids is 2. The lowest BCUT2D eigenvalue weighted by atomic mass is 10.2. The third-order valence-corrected chi connectivity index (χ3v) is 2.89. The summed E-state index contributed by atoms with van der Waals surface area (Å²) in [5.41, 5.74) is 0. The van der Waals surface area contributed by atoms with Gasteiger partial charge in [-0.05, 0) is 6.42 Å². The Morgan fingerprint density at radius 3 is 1.64 bits per heavy atom. The van der Waals surface area contributed by atoms with E-state index in [1.165, 1.54) is 0 Å². The average molecular weight is 368 g/mol. The first-order valence-corrected chi connectivity index (χ1v) is 7.07. The molecular formula is C13H20O12. The predicted octanol–water partition coefficient (Wildman–Crippen LogP) is -3.15. The number of carboxylic acid groups (broad SMARTS) is 2. The summed E-state index contributed by atoms with van der Waals surface area (Å²) in [4.78, 5) is 43.9. The maximum atomic E-state index is 11.5. The number of aliphatic hydroxyl groups is 4. The molecule has 0 amide bonds. The molecule has 0 spiro atoms. The van der Waals surface area contributed by atoms with Crippen LogP contribution >= 0.6 is 0 Å². The minimum absolute atomic E-state index is 0.104. The van der Waals surface area contributed by atoms with Gasteiger partial charge in [0.1, 0.15) is 12.7 Å². The van der Waals surface area contributed by atoms with Gasteiger partial charge < -0.3 is 40.1 Å². The zero-order chi connectivity index (χ0) is 19.7. The van der Waals surface area contributed by atoms with Gasteiger partial charge in [0.15, 0.2) is 24.4 Å². The van der Waals surface area contributed by atoms with Crippen LogP contribution in [-0.4, -0.2) is 91.6 Å². The van der Waals surface area contributed by atoms with Crippen molar-refractivity contribution in [3.63, 3.8) is 0 Å². The molecule has 0 heterocycles. The van der Waals surface area contributed by atoms with Crippen molar-refractivity contribution in [1.29, 1.82) is 0 Å². The third-order valence-electron chi connectivity index (χ3n) is 2.89. The molecular weight excluding hydrogens is 348 g/mol. The van der Waals surface area contributed by atoms with Gasteiger partial charge >= 0.3 is 23.9 Å². The summed E-state index contributed by atoms with van der Waals surface area (Å²) in [5, 5.41) is 53.6. The van der Waals surface area contributed by atoms with Crippen LogP contribution in [0.5, 0.6) is 0 Å². The van der Waals surface area contributed by atoms with Crippen LogP contribution in [0, 0.1) is 0 Å². The topological polar surface area (TPSA) is 208 Å². The number of ether oxygens (including phenoxy) is 2. The van der Waals surface area contributed by atoms with E-state index in [1.807, 2.05) is 0 Å². The Kier molecular flexibility index (Phi) is 9.59. The van der Waals surface area contributed by atoms with Crippen LogP contribution in [0.15, 0.2) is 0 Å². The van der Waals surface area contributed by atoms with Gasteiger partial charge in [0.25, 0.3) is 0 Å². The van der Waals surface area contributed by atoms with Crippen LogP contribution in [0.1, 0.15) is 19.8 Å². The highest BCUT2D eigenvalue weighted by molar-refractivity contribution is 5.85. The number of hydrogen-bond donors (Lipinski definition) is 6. The molecule has 5 atom stereocenters. The Morgan fingerprint density at radius 2 is 1.24 bits per heavy atom. The largest absolute Gasteiger partial charge is 0.479 e. The van der Waals surface area contributed by atoms with E-state index >= 15 is 0 Å². The number of rotatable bonds is 11. The first kappa shape index (κ1) is 22.7. The Labute approximate surface area is 141 Å². The van der Waals surface area contributed by atoms with Crippen molar-refractivity contribution in [2.75, 3.05) is 6.61 Å². The van der Waals surface area contributed by atoms with Gasteiger partial charge in [-0.2, -0.15) is 0 Å². The van der Waals surface area contributed by atoms with Crippen LogP contribution in [0.4, 0.5) is 0 Å². The predicted molar refractivity (Wildman–Crippen MR) is 75.0 cm³/mol. The smallest absolute Gasteiger partial charge is 0.338 e. The van der Waals surface area contributed by atoms with Crippen LogP contribution < -0.4 is 0 Å². The molecule has 0 radical (unpaired) electrons. The molecule has 6 N–H and O–H groups in total. The maximum absolute atomic E-state index is 11.5. The van der Waals surface area contributed by atoms with E-state index < -0.39 is 61.0 Å². The highest BCUT2D eigenvalue weighted by Crippen LogP contribution is 2.08. The second-order valence-corrected chi connectivity index (χ2v) is 4.93. The summed E-state index contributed by atoms with van der Waals surface area (Å²) in [6.07, 6.45) is -10.2. The Balaban J connectivity index is 4.70. The van der Waals surface area contributed by atoms with Crippen molar-refractivity contribution in [2.24, 2.45) is 0 Å². The number of carbonyl (C=O) groups is 4. The van der Waals surface area contributed by atoms with Crippen molar-refractivity contribution >= 4 is 23.9 Å². The van der Waals surface area contributed by atoms with Crippen molar-refractivity contribution in [3.05, 3.63) is 0 Å². The minimum Gasteiger partial charge on any atom is -0.479 e. The SMILES string of the molecule is CCCC(COC(=O)C(O)C(O)C(=O)O)OC(=O)C(O)C(O)C(=O)O. The van der Waals surface area contributed by atoms with Gasteiger partial charge in [0, 0.05) is 0 Å². The van der Waals surface area contributed by atoms with Gasteiger partial charge in [-0.25, -0.2) is 19.2 Å². The summed E-state index contributed by atoms with van der Waals surface area (Å²) >= 11 is 0. The van der Waals surface area contributed by atoms with E-state index in [2.05, 4.69) is 4.74 Å².